The number of hydrogen-bond acceptors (Lipinski definition) is 9. The zero-order chi connectivity index (χ0) is 27.6. The van der Waals surface area contributed by atoms with E-state index in [1.165, 1.54) is 45.9 Å². The molecule has 0 aromatic rings. The molecule has 8 bridgehead atoms. The Hall–Kier alpha value is -2.56. The van der Waals surface area contributed by atoms with Gasteiger partial charge in [0, 0.05) is 29.4 Å². The minimum absolute atomic E-state index is 0.126. The molecular formula is C28H34O9. The molecule has 2 saturated carbocycles. The number of rotatable bonds is 6. The first-order valence-corrected chi connectivity index (χ1v) is 12.5. The summed E-state index contributed by atoms with van der Waals surface area (Å²) in [4.78, 5) is 28.0. The highest BCUT2D eigenvalue weighted by atomic mass is 16.8. The first-order chi connectivity index (χ1) is 17.1. The maximum atomic E-state index is 14.4. The van der Waals surface area contributed by atoms with E-state index < -0.39 is 81.1 Å². The van der Waals surface area contributed by atoms with Crippen molar-refractivity contribution in [2.24, 2.45) is 22.7 Å². The highest BCUT2D eigenvalue weighted by Crippen LogP contribution is 2.84. The van der Waals surface area contributed by atoms with E-state index in [2.05, 4.69) is 0 Å². The van der Waals surface area contributed by atoms with Crippen LogP contribution in [0.1, 0.15) is 48.0 Å². The summed E-state index contributed by atoms with van der Waals surface area (Å²) in [5.74, 6) is -9.45. The molecule has 37 heavy (non-hydrogen) atoms. The molecule has 2 heterocycles. The molecule has 0 amide bonds. The minimum Gasteiger partial charge on any atom is -0.511 e. The number of hydrogen-bond donors (Lipinski definition) is 5. The largest absolute Gasteiger partial charge is 0.511 e. The smallest absolute Gasteiger partial charge is 0.210 e. The average Bonchev–Trinajstić information content (AvgIpc) is 3.12. The molecule has 0 radical (unpaired) electrons. The van der Waals surface area contributed by atoms with Crippen LogP contribution in [-0.2, 0) is 19.1 Å². The maximum Gasteiger partial charge on any atom is 0.210 e. The Labute approximate surface area is 215 Å². The second kappa shape index (κ2) is 7.30. The zero-order valence-corrected chi connectivity index (χ0v) is 21.8. The average molecular weight is 515 g/mol. The molecule has 0 aromatic carbocycles. The quantitative estimate of drug-likeness (QED) is 0.156. The molecule has 2 saturated heterocycles. The Morgan fingerprint density at radius 3 is 2.11 bits per heavy atom. The van der Waals surface area contributed by atoms with Gasteiger partial charge in [0.25, 0.3) is 0 Å². The van der Waals surface area contributed by atoms with Gasteiger partial charge in [-0.15, -0.1) is 0 Å². The molecule has 0 spiro atoms. The van der Waals surface area contributed by atoms with Crippen LogP contribution in [0.4, 0.5) is 0 Å². The molecule has 9 nitrogen and oxygen atoms in total. The summed E-state index contributed by atoms with van der Waals surface area (Å²) in [7, 11) is 0. The topological polar surface area (TPSA) is 154 Å². The number of carbonyl (C=O) groups is 2. The van der Waals surface area contributed by atoms with Crippen LogP contribution in [0, 0.1) is 22.7 Å². The minimum atomic E-state index is -2.31. The standard InChI is InChI=1S/C28H34O9/c1-7-9-10-12-15(30)17-19-23(3)22(33)18(16(31)13-14(29)11-8-2)20-24(4,21(17)32)28(35)25(19,5)36-27(23,34)26(20,6)37-28/h7-12,14,19-20,29-30,33-35H,13H2,1-6H3/b9-7+,11-8+,12-10+,17-15+/t14-,19?,20?,23?,24?,25+,26+,27-,28-/m1/s1. The van der Waals surface area contributed by atoms with Crippen molar-refractivity contribution in [3.63, 3.8) is 0 Å². The van der Waals surface area contributed by atoms with Crippen molar-refractivity contribution >= 4 is 11.6 Å². The Bertz CT molecular complexity index is 1270. The fourth-order valence-corrected chi connectivity index (χ4v) is 8.23. The van der Waals surface area contributed by atoms with Crippen LogP contribution in [0.5, 0.6) is 0 Å². The predicted octanol–water partition coefficient (Wildman–Crippen LogP) is 2.45. The molecule has 2 aliphatic heterocycles. The lowest BCUT2D eigenvalue weighted by Gasteiger charge is -2.58. The maximum absolute atomic E-state index is 14.4. The lowest BCUT2D eigenvalue weighted by atomic mass is 9.40. The predicted molar refractivity (Wildman–Crippen MR) is 131 cm³/mol. The van der Waals surface area contributed by atoms with Gasteiger partial charge in [0.05, 0.1) is 16.9 Å². The van der Waals surface area contributed by atoms with Crippen LogP contribution in [0.15, 0.2) is 59.1 Å². The van der Waals surface area contributed by atoms with Crippen LogP contribution in [0.2, 0.25) is 0 Å². The number of aliphatic hydroxyl groups excluding tert-OH is 3. The van der Waals surface area contributed by atoms with E-state index in [0.29, 0.717) is 0 Å². The van der Waals surface area contributed by atoms with Gasteiger partial charge in [-0.1, -0.05) is 30.4 Å². The van der Waals surface area contributed by atoms with Gasteiger partial charge >= 0.3 is 0 Å². The molecule has 9 atom stereocenters. The zero-order valence-electron chi connectivity index (χ0n) is 21.8. The molecule has 5 N–H and O–H groups in total. The van der Waals surface area contributed by atoms with E-state index >= 15 is 0 Å². The molecule has 4 fully saturated rings. The van der Waals surface area contributed by atoms with Gasteiger partial charge in [-0.2, -0.15) is 0 Å². The lowest BCUT2D eigenvalue weighted by molar-refractivity contribution is -0.451. The summed E-state index contributed by atoms with van der Waals surface area (Å²) < 4.78 is 12.5. The number of ether oxygens (including phenoxy) is 2. The van der Waals surface area contributed by atoms with Crippen molar-refractivity contribution < 1.29 is 44.6 Å². The highest BCUT2D eigenvalue weighted by molar-refractivity contribution is 6.08. The number of allylic oxidation sites excluding steroid dienone is 5. The van der Waals surface area contributed by atoms with Crippen LogP contribution >= 0.6 is 0 Å². The van der Waals surface area contributed by atoms with Gasteiger partial charge in [0.15, 0.2) is 11.6 Å². The van der Waals surface area contributed by atoms with Crippen LogP contribution < -0.4 is 0 Å². The van der Waals surface area contributed by atoms with Gasteiger partial charge < -0.3 is 35.0 Å². The molecule has 9 heteroatoms. The first-order valence-electron chi connectivity index (χ1n) is 12.5. The van der Waals surface area contributed by atoms with Gasteiger partial charge in [-0.3, -0.25) is 9.59 Å². The third kappa shape index (κ3) is 2.40. The Balaban J connectivity index is 1.88. The van der Waals surface area contributed by atoms with E-state index in [4.69, 9.17) is 9.47 Å². The normalized spacial score (nSPS) is 49.9. The van der Waals surface area contributed by atoms with Crippen molar-refractivity contribution in [3.05, 3.63) is 59.1 Å². The fourth-order valence-electron chi connectivity index (χ4n) is 8.23. The summed E-state index contributed by atoms with van der Waals surface area (Å²) in [6.45, 7) is 9.28. The summed E-state index contributed by atoms with van der Waals surface area (Å²) in [5.41, 5.74) is -7.73. The third-order valence-electron chi connectivity index (χ3n) is 9.71. The van der Waals surface area contributed by atoms with E-state index in [1.807, 2.05) is 0 Å². The summed E-state index contributed by atoms with van der Waals surface area (Å²) in [5, 5.41) is 57.7. The van der Waals surface area contributed by atoms with Gasteiger partial charge in [-0.05, 0) is 47.6 Å². The van der Waals surface area contributed by atoms with E-state index in [9.17, 15) is 35.1 Å². The van der Waals surface area contributed by atoms with Gasteiger partial charge in [0.2, 0.25) is 11.6 Å². The summed E-state index contributed by atoms with van der Waals surface area (Å²) in [6.07, 6.45) is 7.72. The highest BCUT2D eigenvalue weighted by Gasteiger charge is 2.98. The van der Waals surface area contributed by atoms with Crippen molar-refractivity contribution in [1.82, 2.24) is 0 Å². The van der Waals surface area contributed by atoms with Crippen LogP contribution in [0.3, 0.4) is 0 Å². The molecule has 200 valence electrons. The Morgan fingerprint density at radius 1 is 0.973 bits per heavy atom. The van der Waals surface area contributed by atoms with Crippen molar-refractivity contribution in [3.8, 4) is 0 Å². The van der Waals surface area contributed by atoms with Crippen molar-refractivity contribution in [1.29, 1.82) is 0 Å². The summed E-state index contributed by atoms with van der Waals surface area (Å²) >= 11 is 0. The van der Waals surface area contributed by atoms with Gasteiger partial charge in [-0.25, -0.2) is 0 Å². The molecule has 5 rings (SSSR count). The second-order valence-corrected chi connectivity index (χ2v) is 11.5. The lowest BCUT2D eigenvalue weighted by Crippen LogP contribution is -2.72. The number of aliphatic hydroxyl groups is 5. The van der Waals surface area contributed by atoms with E-state index in [1.54, 1.807) is 32.1 Å². The van der Waals surface area contributed by atoms with Crippen molar-refractivity contribution in [2.45, 2.75) is 76.8 Å². The van der Waals surface area contributed by atoms with Crippen LogP contribution in [-0.4, -0.2) is 66.0 Å². The molecule has 4 unspecified atom stereocenters. The Morgan fingerprint density at radius 2 is 1.54 bits per heavy atom. The molecule has 3 aliphatic carbocycles. The summed E-state index contributed by atoms with van der Waals surface area (Å²) in [6, 6.07) is 0. The number of ketones is 2. The molecular weight excluding hydrogens is 480 g/mol. The van der Waals surface area contributed by atoms with E-state index in [-0.39, 0.29) is 11.1 Å². The first kappa shape index (κ1) is 26.1. The fraction of sp³-hybridized carbons (Fsp3) is 0.571. The molecule has 0 aromatic heterocycles. The third-order valence-corrected chi connectivity index (χ3v) is 9.71. The van der Waals surface area contributed by atoms with E-state index in [0.717, 1.165) is 0 Å². The van der Waals surface area contributed by atoms with Crippen molar-refractivity contribution in [2.75, 3.05) is 0 Å². The van der Waals surface area contributed by atoms with Gasteiger partial charge in [0.1, 0.15) is 22.7 Å². The monoisotopic (exact) mass is 514 g/mol. The van der Waals surface area contributed by atoms with Crippen LogP contribution in [0.25, 0.3) is 0 Å². The number of carbonyl (C=O) groups excluding carboxylic acids is 2. The number of Topliss-reactive ketones (excluding diaryl/α,β-unsaturated/α-hetero) is 2. The molecule has 5 aliphatic rings. The second-order valence-electron chi connectivity index (χ2n) is 11.5. The SMILES string of the molecule is C/C=C/C=C/C(O)=C1\C(=O)C2(C)C3C(C(=O)C[C@H](O)/C=C/C)=C(O)C4(C)C1[C@]1(C)O[C@@]4(O)[C@@]3(C)O[C@]21O. The Kier molecular flexibility index (Phi) is 5.14.